The van der Waals surface area contributed by atoms with Gasteiger partial charge in [0.1, 0.15) is 0 Å². The minimum absolute atomic E-state index is 0.648. The van der Waals surface area contributed by atoms with Gasteiger partial charge >= 0.3 is 0 Å². The van der Waals surface area contributed by atoms with Crippen LogP contribution in [0.15, 0.2) is 48.7 Å². The van der Waals surface area contributed by atoms with Gasteiger partial charge in [-0.15, -0.1) is 0 Å². The Morgan fingerprint density at radius 2 is 1.81 bits per heavy atom. The van der Waals surface area contributed by atoms with E-state index in [9.17, 15) is 0 Å². The van der Waals surface area contributed by atoms with Gasteiger partial charge in [0.15, 0.2) is 0 Å². The summed E-state index contributed by atoms with van der Waals surface area (Å²) in [5, 5.41) is 0. The van der Waals surface area contributed by atoms with Crippen LogP contribution in [-0.2, 0) is 13.1 Å². The number of pyridine rings is 1. The Balaban J connectivity index is 2.00. The van der Waals surface area contributed by atoms with Crippen LogP contribution in [0.1, 0.15) is 17.5 Å². The summed E-state index contributed by atoms with van der Waals surface area (Å²) in [5.41, 5.74) is 8.15. The molecule has 2 rings (SSSR count). The van der Waals surface area contributed by atoms with E-state index in [2.05, 4.69) is 40.2 Å². The summed E-state index contributed by atoms with van der Waals surface area (Å²) in [6.07, 6.45) is 2.87. The molecule has 0 unspecified atom stereocenters. The van der Waals surface area contributed by atoms with Crippen molar-refractivity contribution in [1.82, 2.24) is 9.88 Å². The number of methoxy groups -OCH3 is 1. The summed E-state index contributed by atoms with van der Waals surface area (Å²) in [5.74, 6) is 0.648. The summed E-state index contributed by atoms with van der Waals surface area (Å²) in [6, 6.07) is 14.5. The van der Waals surface area contributed by atoms with Crippen molar-refractivity contribution in [3.05, 3.63) is 59.8 Å². The van der Waals surface area contributed by atoms with Crippen LogP contribution in [0.25, 0.3) is 0 Å². The van der Waals surface area contributed by atoms with Gasteiger partial charge in [-0.1, -0.05) is 36.4 Å². The fourth-order valence-electron chi connectivity index (χ4n) is 2.25. The van der Waals surface area contributed by atoms with Gasteiger partial charge in [0.2, 0.25) is 5.88 Å². The van der Waals surface area contributed by atoms with Crippen molar-refractivity contribution in [2.75, 3.05) is 20.2 Å². The Labute approximate surface area is 126 Å². The number of nitrogens with zero attached hydrogens (tertiary/aromatic N) is 2. The average Bonchev–Trinajstić information content (AvgIpc) is 2.54. The molecule has 0 aliphatic rings. The van der Waals surface area contributed by atoms with Crippen molar-refractivity contribution in [3.63, 3.8) is 0 Å². The molecule has 2 N–H and O–H groups in total. The predicted molar refractivity (Wildman–Crippen MR) is 85.0 cm³/mol. The molecular weight excluding hydrogens is 262 g/mol. The van der Waals surface area contributed by atoms with E-state index in [0.29, 0.717) is 12.4 Å². The lowest BCUT2D eigenvalue weighted by atomic mass is 10.2. The van der Waals surface area contributed by atoms with Crippen LogP contribution in [0.2, 0.25) is 0 Å². The number of aromatic nitrogens is 1. The Hall–Kier alpha value is -1.91. The van der Waals surface area contributed by atoms with Crippen molar-refractivity contribution in [2.45, 2.75) is 19.5 Å². The quantitative estimate of drug-likeness (QED) is 0.809. The van der Waals surface area contributed by atoms with E-state index >= 15 is 0 Å². The number of nitrogens with two attached hydrogens (primary N) is 1. The largest absolute Gasteiger partial charge is 0.481 e. The summed E-state index contributed by atoms with van der Waals surface area (Å²) in [4.78, 5) is 6.66. The van der Waals surface area contributed by atoms with E-state index in [-0.39, 0.29) is 0 Å². The first-order valence-electron chi connectivity index (χ1n) is 7.27. The molecule has 1 aromatic heterocycles. The van der Waals surface area contributed by atoms with Crippen LogP contribution >= 0.6 is 0 Å². The second kappa shape index (κ2) is 8.39. The van der Waals surface area contributed by atoms with Crippen molar-refractivity contribution in [1.29, 1.82) is 0 Å². The first kappa shape index (κ1) is 15.5. The van der Waals surface area contributed by atoms with E-state index in [4.69, 9.17) is 10.5 Å². The second-order valence-corrected chi connectivity index (χ2v) is 5.05. The highest BCUT2D eigenvalue weighted by atomic mass is 16.5. The fourth-order valence-corrected chi connectivity index (χ4v) is 2.25. The summed E-state index contributed by atoms with van der Waals surface area (Å²) < 4.78 is 5.09. The average molecular weight is 285 g/mol. The molecule has 0 aliphatic heterocycles. The summed E-state index contributed by atoms with van der Waals surface area (Å²) >= 11 is 0. The van der Waals surface area contributed by atoms with Gasteiger partial charge in [-0.05, 0) is 24.1 Å². The molecule has 21 heavy (non-hydrogen) atoms. The highest BCUT2D eigenvalue weighted by molar-refractivity contribution is 5.18. The molecule has 0 fully saturated rings. The lowest BCUT2D eigenvalue weighted by Gasteiger charge is -2.22. The molecule has 0 atom stereocenters. The molecule has 4 heteroatoms. The third-order valence-corrected chi connectivity index (χ3v) is 3.34. The van der Waals surface area contributed by atoms with Gasteiger partial charge in [-0.3, -0.25) is 4.90 Å². The van der Waals surface area contributed by atoms with Gasteiger partial charge in [-0.2, -0.15) is 0 Å². The Morgan fingerprint density at radius 1 is 1.05 bits per heavy atom. The fraction of sp³-hybridized carbons (Fsp3) is 0.353. The van der Waals surface area contributed by atoms with Crippen molar-refractivity contribution in [3.8, 4) is 5.88 Å². The van der Waals surface area contributed by atoms with Crippen molar-refractivity contribution in [2.24, 2.45) is 5.73 Å². The van der Waals surface area contributed by atoms with E-state index in [1.54, 1.807) is 7.11 Å². The van der Waals surface area contributed by atoms with Gasteiger partial charge < -0.3 is 10.5 Å². The molecule has 4 nitrogen and oxygen atoms in total. The molecule has 1 aromatic carbocycles. The first-order valence-corrected chi connectivity index (χ1v) is 7.27. The van der Waals surface area contributed by atoms with Gasteiger partial charge in [0.05, 0.1) is 7.11 Å². The normalized spacial score (nSPS) is 10.8. The zero-order valence-corrected chi connectivity index (χ0v) is 12.5. The zero-order chi connectivity index (χ0) is 14.9. The molecule has 1 heterocycles. The van der Waals surface area contributed by atoms with E-state index < -0.39 is 0 Å². The smallest absolute Gasteiger partial charge is 0.212 e. The van der Waals surface area contributed by atoms with E-state index in [1.807, 2.05) is 18.3 Å². The standard InChI is InChI=1S/C17H23N3O/c1-21-17-9-8-16(12-19-17)14-20(11-5-10-18)13-15-6-3-2-4-7-15/h2-4,6-9,12H,5,10-11,13-14,18H2,1H3. The maximum atomic E-state index is 5.65. The second-order valence-electron chi connectivity index (χ2n) is 5.05. The van der Waals surface area contributed by atoms with Crippen LogP contribution in [0.4, 0.5) is 0 Å². The van der Waals surface area contributed by atoms with E-state index in [1.165, 1.54) is 11.1 Å². The lowest BCUT2D eigenvalue weighted by molar-refractivity contribution is 0.254. The topological polar surface area (TPSA) is 51.4 Å². The molecule has 0 saturated heterocycles. The zero-order valence-electron chi connectivity index (χ0n) is 12.5. The van der Waals surface area contributed by atoms with Gasteiger partial charge in [0.25, 0.3) is 0 Å². The molecule has 0 bridgehead atoms. The molecule has 2 aromatic rings. The highest BCUT2D eigenvalue weighted by Crippen LogP contribution is 2.12. The Kier molecular flexibility index (Phi) is 6.19. The van der Waals surface area contributed by atoms with Crippen LogP contribution in [0.5, 0.6) is 5.88 Å². The third-order valence-electron chi connectivity index (χ3n) is 3.34. The monoisotopic (exact) mass is 285 g/mol. The van der Waals surface area contributed by atoms with Crippen molar-refractivity contribution < 1.29 is 4.74 Å². The Morgan fingerprint density at radius 3 is 2.43 bits per heavy atom. The summed E-state index contributed by atoms with van der Waals surface area (Å²) in [7, 11) is 1.63. The number of hydrogen-bond donors (Lipinski definition) is 1. The Bertz CT molecular complexity index is 513. The SMILES string of the molecule is COc1ccc(CN(CCCN)Cc2ccccc2)cn1. The lowest BCUT2D eigenvalue weighted by Crippen LogP contribution is -2.25. The van der Waals surface area contributed by atoms with Crippen molar-refractivity contribution >= 4 is 0 Å². The number of ether oxygens (including phenoxy) is 1. The molecule has 112 valence electrons. The number of hydrogen-bond acceptors (Lipinski definition) is 4. The minimum atomic E-state index is 0.648. The molecule has 0 saturated carbocycles. The molecule has 0 amide bonds. The van der Waals surface area contributed by atoms with Crippen LogP contribution in [-0.4, -0.2) is 30.1 Å². The van der Waals surface area contributed by atoms with Crippen LogP contribution in [0.3, 0.4) is 0 Å². The van der Waals surface area contributed by atoms with Gasteiger partial charge in [0, 0.05) is 31.9 Å². The van der Waals surface area contributed by atoms with E-state index in [0.717, 1.165) is 26.1 Å². The summed E-state index contributed by atoms with van der Waals surface area (Å²) in [6.45, 7) is 3.49. The first-order chi connectivity index (χ1) is 10.3. The van der Waals surface area contributed by atoms with Gasteiger partial charge in [-0.25, -0.2) is 4.98 Å². The van der Waals surface area contributed by atoms with Crippen LogP contribution in [0, 0.1) is 0 Å². The maximum Gasteiger partial charge on any atom is 0.212 e. The minimum Gasteiger partial charge on any atom is -0.481 e. The predicted octanol–water partition coefficient (Wildman–Crippen LogP) is 2.44. The maximum absolute atomic E-state index is 5.65. The van der Waals surface area contributed by atoms with Crippen LogP contribution < -0.4 is 10.5 Å². The molecule has 0 spiro atoms. The molecular formula is C17H23N3O. The molecule has 0 aliphatic carbocycles. The number of rotatable bonds is 8. The number of benzene rings is 1. The molecule has 0 radical (unpaired) electrons. The highest BCUT2D eigenvalue weighted by Gasteiger charge is 2.07. The third kappa shape index (κ3) is 5.17.